The molecule has 0 aliphatic heterocycles. The molecule has 2 aromatic carbocycles. The third kappa shape index (κ3) is 3.12. The summed E-state index contributed by atoms with van der Waals surface area (Å²) in [6.07, 6.45) is 0. The molecule has 1 heterocycles. The maximum atomic E-state index is 13.3. The van der Waals surface area contributed by atoms with Gasteiger partial charge in [0.2, 0.25) is 5.91 Å². The third-order valence-electron chi connectivity index (χ3n) is 3.74. The second-order valence-corrected chi connectivity index (χ2v) is 5.35. The van der Waals surface area contributed by atoms with Gasteiger partial charge in [-0.15, -0.1) is 0 Å². The molecule has 0 saturated carbocycles. The van der Waals surface area contributed by atoms with Crippen LogP contribution in [0.25, 0.3) is 10.9 Å². The van der Waals surface area contributed by atoms with Crippen LogP contribution in [0.3, 0.4) is 0 Å². The van der Waals surface area contributed by atoms with Gasteiger partial charge in [0.05, 0.1) is 0 Å². The van der Waals surface area contributed by atoms with Gasteiger partial charge in [0.15, 0.2) is 0 Å². The van der Waals surface area contributed by atoms with Gasteiger partial charge in [-0.05, 0) is 29.8 Å². The van der Waals surface area contributed by atoms with Crippen molar-refractivity contribution in [3.05, 3.63) is 71.7 Å². The van der Waals surface area contributed by atoms with Crippen LogP contribution in [0.15, 0.2) is 54.6 Å². The van der Waals surface area contributed by atoms with Gasteiger partial charge < -0.3 is 15.6 Å². The predicted molar refractivity (Wildman–Crippen MR) is 89.0 cm³/mol. The Morgan fingerprint density at radius 3 is 2.54 bits per heavy atom. The van der Waals surface area contributed by atoms with Crippen molar-refractivity contribution in [1.82, 2.24) is 15.6 Å². The second-order valence-electron chi connectivity index (χ2n) is 5.35. The molecule has 6 heteroatoms. The fraction of sp³-hybridized carbons (Fsp3) is 0.111. The molecule has 0 saturated heterocycles. The Hall–Kier alpha value is -3.15. The highest BCUT2D eigenvalue weighted by Crippen LogP contribution is 2.18. The monoisotopic (exact) mass is 325 g/mol. The third-order valence-corrected chi connectivity index (χ3v) is 3.74. The summed E-state index contributed by atoms with van der Waals surface area (Å²) in [6, 6.07) is 13.9. The number of amides is 2. The summed E-state index contributed by atoms with van der Waals surface area (Å²) in [4.78, 5) is 27.5. The molecule has 0 radical (unpaired) electrons. The van der Waals surface area contributed by atoms with Crippen molar-refractivity contribution in [2.75, 3.05) is 7.05 Å². The van der Waals surface area contributed by atoms with Crippen LogP contribution in [-0.4, -0.2) is 23.8 Å². The highest BCUT2D eigenvalue weighted by atomic mass is 19.1. The molecule has 3 N–H and O–H groups in total. The Morgan fingerprint density at radius 2 is 1.83 bits per heavy atom. The van der Waals surface area contributed by atoms with E-state index >= 15 is 0 Å². The molecule has 24 heavy (non-hydrogen) atoms. The normalized spacial score (nSPS) is 11.9. The molecule has 0 aliphatic carbocycles. The lowest BCUT2D eigenvalue weighted by Crippen LogP contribution is -2.39. The van der Waals surface area contributed by atoms with Crippen molar-refractivity contribution in [2.24, 2.45) is 0 Å². The quantitative estimate of drug-likeness (QED) is 0.689. The van der Waals surface area contributed by atoms with Crippen molar-refractivity contribution in [3.8, 4) is 0 Å². The Balaban J connectivity index is 1.88. The van der Waals surface area contributed by atoms with E-state index in [0.29, 0.717) is 16.5 Å². The molecular weight excluding hydrogens is 309 g/mol. The summed E-state index contributed by atoms with van der Waals surface area (Å²) in [5.41, 5.74) is 1.59. The van der Waals surface area contributed by atoms with E-state index in [0.717, 1.165) is 0 Å². The van der Waals surface area contributed by atoms with Crippen molar-refractivity contribution in [2.45, 2.75) is 6.04 Å². The van der Waals surface area contributed by atoms with Crippen LogP contribution in [0, 0.1) is 5.82 Å². The topological polar surface area (TPSA) is 74.0 Å². The van der Waals surface area contributed by atoms with Crippen LogP contribution in [0.1, 0.15) is 22.1 Å². The molecule has 0 unspecified atom stereocenters. The Kier molecular flexibility index (Phi) is 4.29. The number of H-pyrrole nitrogens is 1. The van der Waals surface area contributed by atoms with Gasteiger partial charge in [-0.1, -0.05) is 30.3 Å². The van der Waals surface area contributed by atoms with Gasteiger partial charge in [0.25, 0.3) is 5.91 Å². The SMILES string of the molecule is CNC(=O)[C@H](NC(=O)c1cc2cc(F)ccc2[nH]1)c1ccccc1. The number of aromatic nitrogens is 1. The smallest absolute Gasteiger partial charge is 0.268 e. The Morgan fingerprint density at radius 1 is 1.08 bits per heavy atom. The van der Waals surface area contributed by atoms with E-state index in [2.05, 4.69) is 15.6 Å². The zero-order valence-electron chi connectivity index (χ0n) is 13.0. The number of hydrogen-bond acceptors (Lipinski definition) is 2. The number of fused-ring (bicyclic) bond motifs is 1. The predicted octanol–water partition coefficient (Wildman–Crippen LogP) is 2.52. The molecular formula is C18H16FN3O2. The van der Waals surface area contributed by atoms with Crippen molar-refractivity contribution >= 4 is 22.7 Å². The van der Waals surface area contributed by atoms with Gasteiger partial charge in [0.1, 0.15) is 17.6 Å². The molecule has 1 aromatic heterocycles. The molecule has 0 fully saturated rings. The summed E-state index contributed by atoms with van der Waals surface area (Å²) >= 11 is 0. The zero-order chi connectivity index (χ0) is 17.1. The number of halogens is 1. The van der Waals surface area contributed by atoms with Crippen molar-refractivity contribution < 1.29 is 14.0 Å². The first-order chi connectivity index (χ1) is 11.6. The average Bonchev–Trinajstić information content (AvgIpc) is 3.02. The average molecular weight is 325 g/mol. The lowest BCUT2D eigenvalue weighted by atomic mass is 10.1. The molecule has 3 aromatic rings. The molecule has 3 rings (SSSR count). The number of carbonyl (C=O) groups excluding carboxylic acids is 2. The van der Waals surface area contributed by atoms with Crippen LogP contribution in [0.5, 0.6) is 0 Å². The van der Waals surface area contributed by atoms with Gasteiger partial charge in [-0.3, -0.25) is 9.59 Å². The fourth-order valence-electron chi connectivity index (χ4n) is 2.52. The maximum Gasteiger partial charge on any atom is 0.268 e. The first-order valence-corrected chi connectivity index (χ1v) is 7.44. The van der Waals surface area contributed by atoms with Gasteiger partial charge in [0, 0.05) is 18.0 Å². The van der Waals surface area contributed by atoms with Gasteiger partial charge in [-0.25, -0.2) is 4.39 Å². The number of carbonyl (C=O) groups is 2. The largest absolute Gasteiger partial charge is 0.357 e. The number of likely N-dealkylation sites (N-methyl/N-ethyl adjacent to an activating group) is 1. The van der Waals surface area contributed by atoms with Gasteiger partial charge >= 0.3 is 0 Å². The molecule has 5 nitrogen and oxygen atoms in total. The van der Waals surface area contributed by atoms with E-state index in [1.807, 2.05) is 6.07 Å². The van der Waals surface area contributed by atoms with Crippen LogP contribution >= 0.6 is 0 Å². The second kappa shape index (κ2) is 6.54. The molecule has 2 amide bonds. The minimum atomic E-state index is -0.813. The minimum Gasteiger partial charge on any atom is -0.357 e. The lowest BCUT2D eigenvalue weighted by Gasteiger charge is -2.17. The highest BCUT2D eigenvalue weighted by molar-refractivity contribution is 6.00. The zero-order valence-corrected chi connectivity index (χ0v) is 13.0. The van der Waals surface area contributed by atoms with Crippen molar-refractivity contribution in [3.63, 3.8) is 0 Å². The highest BCUT2D eigenvalue weighted by Gasteiger charge is 2.23. The van der Waals surface area contributed by atoms with Crippen LogP contribution in [0.4, 0.5) is 4.39 Å². The van der Waals surface area contributed by atoms with Crippen LogP contribution in [0.2, 0.25) is 0 Å². The van der Waals surface area contributed by atoms with Crippen LogP contribution in [-0.2, 0) is 4.79 Å². The van der Waals surface area contributed by atoms with Gasteiger partial charge in [-0.2, -0.15) is 0 Å². The molecule has 0 aliphatic rings. The van der Waals surface area contributed by atoms with Crippen LogP contribution < -0.4 is 10.6 Å². The number of benzene rings is 2. The minimum absolute atomic E-state index is 0.264. The van der Waals surface area contributed by atoms with E-state index < -0.39 is 11.9 Å². The Bertz CT molecular complexity index is 890. The van der Waals surface area contributed by atoms with E-state index in [1.165, 1.54) is 19.2 Å². The Labute approximate surface area is 137 Å². The maximum absolute atomic E-state index is 13.3. The summed E-state index contributed by atoms with van der Waals surface area (Å²) in [7, 11) is 1.51. The van der Waals surface area contributed by atoms with Crippen molar-refractivity contribution in [1.29, 1.82) is 0 Å². The van der Waals surface area contributed by atoms with E-state index in [-0.39, 0.29) is 17.4 Å². The first kappa shape index (κ1) is 15.7. The molecule has 122 valence electrons. The summed E-state index contributed by atoms with van der Waals surface area (Å²) in [5, 5.41) is 5.83. The van der Waals surface area contributed by atoms with E-state index in [1.54, 1.807) is 36.4 Å². The molecule has 1 atom stereocenters. The number of nitrogens with one attached hydrogen (secondary N) is 3. The fourth-order valence-corrected chi connectivity index (χ4v) is 2.52. The number of hydrogen-bond donors (Lipinski definition) is 3. The van der Waals surface area contributed by atoms with E-state index in [4.69, 9.17) is 0 Å². The lowest BCUT2D eigenvalue weighted by molar-refractivity contribution is -0.122. The number of rotatable bonds is 4. The standard InChI is InChI=1S/C18H16FN3O2/c1-20-18(24)16(11-5-3-2-4-6-11)22-17(23)15-10-12-9-13(19)7-8-14(12)21-15/h2-10,16,21H,1H3,(H,20,24)(H,22,23)/t16-/m1/s1. The summed E-state index contributed by atoms with van der Waals surface area (Å²) in [5.74, 6) is -1.14. The molecule has 0 spiro atoms. The summed E-state index contributed by atoms with van der Waals surface area (Å²) < 4.78 is 13.3. The first-order valence-electron chi connectivity index (χ1n) is 7.44. The molecule has 0 bridgehead atoms. The summed E-state index contributed by atoms with van der Waals surface area (Å²) in [6.45, 7) is 0. The number of aromatic amines is 1. The van der Waals surface area contributed by atoms with E-state index in [9.17, 15) is 14.0 Å².